The third-order valence-corrected chi connectivity index (χ3v) is 3.75. The van der Waals surface area contributed by atoms with Gasteiger partial charge in [-0.05, 0) is 18.6 Å². The van der Waals surface area contributed by atoms with E-state index in [-0.39, 0.29) is 5.91 Å². The van der Waals surface area contributed by atoms with E-state index in [4.69, 9.17) is 0 Å². The summed E-state index contributed by atoms with van der Waals surface area (Å²) in [5, 5.41) is 4.33. The number of nitrogens with zero attached hydrogens (tertiary/aromatic N) is 2. The first-order valence-corrected chi connectivity index (χ1v) is 8.64. The molecule has 126 valence electrons. The molecule has 1 heterocycles. The molecule has 0 spiro atoms. The molecule has 0 unspecified atom stereocenters. The normalized spacial score (nSPS) is 11.3. The van der Waals surface area contributed by atoms with Gasteiger partial charge in [0.25, 0.3) is 0 Å². The summed E-state index contributed by atoms with van der Waals surface area (Å²) in [6.07, 6.45) is 7.87. The van der Waals surface area contributed by atoms with Crippen LogP contribution in [0, 0.1) is 0 Å². The van der Waals surface area contributed by atoms with Crippen molar-refractivity contribution in [1.29, 1.82) is 0 Å². The number of amides is 1. The Morgan fingerprint density at radius 3 is 2.46 bits per heavy atom. The fourth-order valence-electron chi connectivity index (χ4n) is 2.43. The molecule has 0 aliphatic rings. The lowest BCUT2D eigenvalue weighted by Gasteiger charge is -2.07. The summed E-state index contributed by atoms with van der Waals surface area (Å²) in [6.45, 7) is 2.18. The van der Waals surface area contributed by atoms with Crippen LogP contribution >= 0.6 is 0 Å². The molecule has 0 aliphatic heterocycles. The summed E-state index contributed by atoms with van der Waals surface area (Å²) in [4.78, 5) is 16.4. The third kappa shape index (κ3) is 5.95. The minimum atomic E-state index is -0.0455. The van der Waals surface area contributed by atoms with Crippen molar-refractivity contribution >= 4 is 11.6 Å². The Balaban J connectivity index is 2.00. The minimum absolute atomic E-state index is 0.0455. The molecule has 4 nitrogen and oxygen atoms in total. The zero-order chi connectivity index (χ0) is 17.0. The lowest BCUT2D eigenvalue weighted by Crippen LogP contribution is -2.20. The van der Waals surface area contributed by atoms with Crippen LogP contribution in [0.5, 0.6) is 0 Å². The van der Waals surface area contributed by atoms with Crippen LogP contribution in [0.15, 0.2) is 59.8 Å². The predicted octanol–water partition coefficient (Wildman–Crippen LogP) is 4.31. The number of carbonyl (C=O) groups is 1. The molecule has 1 aromatic carbocycles. The second kappa shape index (κ2) is 10.3. The fraction of sp³-hybridized carbons (Fsp3) is 0.350. The first-order valence-electron chi connectivity index (χ1n) is 8.64. The maximum Gasteiger partial charge on any atom is 0.240 e. The van der Waals surface area contributed by atoms with Crippen LogP contribution in [0.3, 0.4) is 0 Å². The van der Waals surface area contributed by atoms with Crippen molar-refractivity contribution in [2.75, 3.05) is 0 Å². The Hall–Kier alpha value is -2.49. The van der Waals surface area contributed by atoms with Gasteiger partial charge in [-0.3, -0.25) is 9.78 Å². The zero-order valence-electron chi connectivity index (χ0n) is 14.2. The van der Waals surface area contributed by atoms with E-state index in [0.717, 1.165) is 24.1 Å². The molecule has 4 heteroatoms. The van der Waals surface area contributed by atoms with E-state index in [1.54, 1.807) is 6.20 Å². The molecule has 24 heavy (non-hydrogen) atoms. The van der Waals surface area contributed by atoms with E-state index in [0.29, 0.717) is 12.1 Å². The zero-order valence-corrected chi connectivity index (χ0v) is 14.2. The van der Waals surface area contributed by atoms with Gasteiger partial charge in [0.05, 0.1) is 5.69 Å². The second-order valence-corrected chi connectivity index (χ2v) is 5.74. The Morgan fingerprint density at radius 2 is 1.75 bits per heavy atom. The average molecular weight is 323 g/mol. The van der Waals surface area contributed by atoms with E-state index < -0.39 is 0 Å². The molecular weight excluding hydrogens is 298 g/mol. The number of rotatable bonds is 9. The largest absolute Gasteiger partial charge is 0.273 e. The van der Waals surface area contributed by atoms with Crippen molar-refractivity contribution in [3.8, 4) is 0 Å². The molecule has 0 aliphatic carbocycles. The van der Waals surface area contributed by atoms with Crippen LogP contribution in [0.2, 0.25) is 0 Å². The highest BCUT2D eigenvalue weighted by atomic mass is 16.2. The highest BCUT2D eigenvalue weighted by Crippen LogP contribution is 2.09. The van der Waals surface area contributed by atoms with Crippen LogP contribution in [0.25, 0.3) is 0 Å². The number of hydrazone groups is 1. The maximum atomic E-state index is 12.0. The molecule has 1 amide bonds. The fourth-order valence-corrected chi connectivity index (χ4v) is 2.43. The lowest BCUT2D eigenvalue weighted by molar-refractivity contribution is -0.121. The molecule has 0 radical (unpaired) electrons. The molecule has 0 saturated carbocycles. The molecule has 2 aromatic rings. The number of unbranched alkanes of at least 4 members (excludes halogenated alkanes) is 4. The smallest absolute Gasteiger partial charge is 0.240 e. The summed E-state index contributed by atoms with van der Waals surface area (Å²) >= 11 is 0. The molecule has 1 aromatic heterocycles. The van der Waals surface area contributed by atoms with E-state index in [1.165, 1.54) is 19.3 Å². The molecule has 0 fully saturated rings. The number of hydrogen-bond donors (Lipinski definition) is 1. The highest BCUT2D eigenvalue weighted by molar-refractivity contribution is 6.11. The highest BCUT2D eigenvalue weighted by Gasteiger charge is 2.09. The Morgan fingerprint density at radius 1 is 1.00 bits per heavy atom. The van der Waals surface area contributed by atoms with E-state index in [1.807, 2.05) is 48.5 Å². The Labute approximate surface area is 144 Å². The minimum Gasteiger partial charge on any atom is -0.273 e. The van der Waals surface area contributed by atoms with E-state index >= 15 is 0 Å². The van der Waals surface area contributed by atoms with Crippen LogP contribution in [-0.2, 0) is 4.79 Å². The van der Waals surface area contributed by atoms with Crippen molar-refractivity contribution in [1.82, 2.24) is 10.4 Å². The van der Waals surface area contributed by atoms with Gasteiger partial charge in [0.1, 0.15) is 5.71 Å². The van der Waals surface area contributed by atoms with Crippen LogP contribution < -0.4 is 5.43 Å². The van der Waals surface area contributed by atoms with Gasteiger partial charge in [0, 0.05) is 18.2 Å². The van der Waals surface area contributed by atoms with Gasteiger partial charge in [-0.15, -0.1) is 0 Å². The van der Waals surface area contributed by atoms with Gasteiger partial charge in [0.15, 0.2) is 0 Å². The molecule has 1 N–H and O–H groups in total. The number of carbonyl (C=O) groups excluding carboxylic acids is 1. The molecule has 2 rings (SSSR count). The third-order valence-electron chi connectivity index (χ3n) is 3.75. The van der Waals surface area contributed by atoms with Gasteiger partial charge in [-0.25, -0.2) is 5.43 Å². The van der Waals surface area contributed by atoms with Crippen LogP contribution in [0.1, 0.15) is 56.7 Å². The average Bonchev–Trinajstić information content (AvgIpc) is 2.63. The van der Waals surface area contributed by atoms with Gasteiger partial charge in [-0.2, -0.15) is 5.10 Å². The van der Waals surface area contributed by atoms with E-state index in [2.05, 4.69) is 22.4 Å². The monoisotopic (exact) mass is 323 g/mol. The summed E-state index contributed by atoms with van der Waals surface area (Å²) in [5.41, 5.74) is 5.03. The standard InChI is InChI=1S/C20H25N3O/c1-2-3-4-5-9-15-19(24)22-23-20(17-12-7-6-8-13-17)18-14-10-11-16-21-18/h6-8,10-14,16H,2-5,9,15H2,1H3,(H,22,24)/b23-20+. The van der Waals surface area contributed by atoms with Crippen LogP contribution in [-0.4, -0.2) is 16.6 Å². The molecule has 0 saturated heterocycles. The van der Waals surface area contributed by atoms with Crippen molar-refractivity contribution in [3.63, 3.8) is 0 Å². The first-order chi connectivity index (χ1) is 11.8. The second-order valence-electron chi connectivity index (χ2n) is 5.74. The quantitative estimate of drug-likeness (QED) is 0.425. The molecule has 0 atom stereocenters. The maximum absolute atomic E-state index is 12.0. The lowest BCUT2D eigenvalue weighted by atomic mass is 10.1. The van der Waals surface area contributed by atoms with Gasteiger partial charge in [0.2, 0.25) is 5.91 Å². The first kappa shape index (κ1) is 17.9. The Kier molecular flexibility index (Phi) is 7.68. The molecular formula is C20H25N3O. The Bertz CT molecular complexity index is 597. The number of benzene rings is 1. The van der Waals surface area contributed by atoms with Gasteiger partial charge < -0.3 is 0 Å². The summed E-state index contributed by atoms with van der Waals surface area (Å²) in [7, 11) is 0. The van der Waals surface area contributed by atoms with Gasteiger partial charge >= 0.3 is 0 Å². The summed E-state index contributed by atoms with van der Waals surface area (Å²) < 4.78 is 0. The van der Waals surface area contributed by atoms with Crippen molar-refractivity contribution in [2.24, 2.45) is 5.10 Å². The number of hydrogen-bond acceptors (Lipinski definition) is 3. The van der Waals surface area contributed by atoms with Crippen molar-refractivity contribution in [2.45, 2.75) is 45.4 Å². The van der Waals surface area contributed by atoms with Crippen molar-refractivity contribution < 1.29 is 4.79 Å². The number of nitrogens with one attached hydrogen (secondary N) is 1. The van der Waals surface area contributed by atoms with Crippen molar-refractivity contribution in [3.05, 3.63) is 66.0 Å². The predicted molar refractivity (Wildman–Crippen MR) is 97.8 cm³/mol. The van der Waals surface area contributed by atoms with Gasteiger partial charge in [-0.1, -0.05) is 69.0 Å². The SMILES string of the molecule is CCCCCCCC(=O)N/N=C(\c1ccccc1)c1ccccn1. The summed E-state index contributed by atoms with van der Waals surface area (Å²) in [5.74, 6) is -0.0455. The molecule has 0 bridgehead atoms. The summed E-state index contributed by atoms with van der Waals surface area (Å²) in [6, 6.07) is 15.4. The topological polar surface area (TPSA) is 54.4 Å². The number of pyridine rings is 1. The van der Waals surface area contributed by atoms with E-state index in [9.17, 15) is 4.79 Å². The number of aromatic nitrogens is 1. The van der Waals surface area contributed by atoms with Crippen LogP contribution in [0.4, 0.5) is 0 Å².